The summed E-state index contributed by atoms with van der Waals surface area (Å²) in [6, 6.07) is 9.40. The molecule has 0 aromatic heterocycles. The monoisotopic (exact) mass is 292 g/mol. The van der Waals surface area contributed by atoms with Crippen molar-refractivity contribution in [1.29, 1.82) is 0 Å². The second-order valence-corrected chi connectivity index (χ2v) is 5.92. The van der Waals surface area contributed by atoms with Gasteiger partial charge >= 0.3 is 0 Å². The topological polar surface area (TPSA) is 24.5 Å². The molecular weight excluding hydrogens is 260 g/mol. The van der Waals surface area contributed by atoms with Crippen LogP contribution in [-0.4, -0.2) is 44.2 Å². The minimum atomic E-state index is 0.502. The highest BCUT2D eigenvalue weighted by Gasteiger charge is 2.17. The molecule has 0 aliphatic carbocycles. The summed E-state index contributed by atoms with van der Waals surface area (Å²) >= 11 is 0. The summed E-state index contributed by atoms with van der Waals surface area (Å²) in [6.45, 7) is 9.03. The van der Waals surface area contributed by atoms with Crippen LogP contribution >= 0.6 is 0 Å². The number of methoxy groups -OCH3 is 1. The third-order valence-corrected chi connectivity index (χ3v) is 4.26. The van der Waals surface area contributed by atoms with Gasteiger partial charge in [-0.15, -0.1) is 0 Å². The van der Waals surface area contributed by atoms with E-state index in [0.29, 0.717) is 12.1 Å². The molecule has 0 spiro atoms. The van der Waals surface area contributed by atoms with E-state index in [1.165, 1.54) is 18.4 Å². The fourth-order valence-corrected chi connectivity index (χ4v) is 2.58. The summed E-state index contributed by atoms with van der Waals surface area (Å²) in [7, 11) is 3.97. The molecule has 2 unspecified atom stereocenters. The molecule has 0 bridgehead atoms. The molecule has 0 aliphatic rings. The van der Waals surface area contributed by atoms with Crippen molar-refractivity contribution in [2.75, 3.05) is 27.2 Å². The number of benzene rings is 1. The average molecular weight is 292 g/mol. The predicted octanol–water partition coefficient (Wildman–Crippen LogP) is 3.34. The Morgan fingerprint density at radius 3 is 2.52 bits per heavy atom. The van der Waals surface area contributed by atoms with E-state index in [1.807, 2.05) is 12.1 Å². The van der Waals surface area contributed by atoms with Gasteiger partial charge in [-0.1, -0.05) is 25.1 Å². The number of nitrogens with zero attached hydrogens (tertiary/aromatic N) is 1. The van der Waals surface area contributed by atoms with Crippen LogP contribution in [0.25, 0.3) is 0 Å². The second-order valence-electron chi connectivity index (χ2n) is 5.92. The standard InChI is InChI=1S/C18H32N2O/c1-6-12-19-13-11-15(2)20(4)16(3)14-17-9-7-8-10-18(17)21-5/h7-10,15-16,19H,6,11-14H2,1-5H3. The number of nitrogens with one attached hydrogen (secondary N) is 1. The smallest absolute Gasteiger partial charge is 0.122 e. The van der Waals surface area contributed by atoms with Gasteiger partial charge in [0.2, 0.25) is 0 Å². The highest BCUT2D eigenvalue weighted by Crippen LogP contribution is 2.21. The van der Waals surface area contributed by atoms with Crippen LogP contribution in [0.5, 0.6) is 5.75 Å². The molecule has 2 atom stereocenters. The third kappa shape index (κ3) is 6.06. The first kappa shape index (κ1) is 18.0. The van der Waals surface area contributed by atoms with E-state index in [2.05, 4.69) is 50.2 Å². The van der Waals surface area contributed by atoms with Crippen LogP contribution in [0.15, 0.2) is 24.3 Å². The Bertz CT molecular complexity index is 395. The maximum absolute atomic E-state index is 5.45. The molecule has 3 heteroatoms. The first-order valence-corrected chi connectivity index (χ1v) is 8.14. The Labute approximate surface area is 130 Å². The fraction of sp³-hybridized carbons (Fsp3) is 0.667. The molecule has 120 valence electrons. The van der Waals surface area contributed by atoms with E-state index in [1.54, 1.807) is 7.11 Å². The van der Waals surface area contributed by atoms with Crippen molar-refractivity contribution in [3.05, 3.63) is 29.8 Å². The number of rotatable bonds is 10. The lowest BCUT2D eigenvalue weighted by atomic mass is 10.0. The third-order valence-electron chi connectivity index (χ3n) is 4.26. The van der Waals surface area contributed by atoms with Crippen molar-refractivity contribution in [3.8, 4) is 5.75 Å². The summed E-state index contributed by atoms with van der Waals surface area (Å²) in [4.78, 5) is 2.47. The quantitative estimate of drug-likeness (QED) is 0.669. The van der Waals surface area contributed by atoms with Gasteiger partial charge in [0, 0.05) is 12.1 Å². The van der Waals surface area contributed by atoms with Crippen LogP contribution < -0.4 is 10.1 Å². The predicted molar refractivity (Wildman–Crippen MR) is 91.2 cm³/mol. The van der Waals surface area contributed by atoms with E-state index in [9.17, 15) is 0 Å². The summed E-state index contributed by atoms with van der Waals surface area (Å²) in [5.74, 6) is 0.995. The van der Waals surface area contributed by atoms with Gasteiger partial charge in [0.25, 0.3) is 0 Å². The average Bonchev–Trinajstić information content (AvgIpc) is 2.51. The van der Waals surface area contributed by atoms with Gasteiger partial charge in [0.05, 0.1) is 7.11 Å². The van der Waals surface area contributed by atoms with E-state index >= 15 is 0 Å². The lowest BCUT2D eigenvalue weighted by Crippen LogP contribution is -2.39. The SMILES string of the molecule is CCCNCCC(C)N(C)C(C)Cc1ccccc1OC. The Morgan fingerprint density at radius 2 is 1.86 bits per heavy atom. The minimum absolute atomic E-state index is 0.502. The number of para-hydroxylation sites is 1. The summed E-state index contributed by atoms with van der Waals surface area (Å²) in [6.07, 6.45) is 3.41. The first-order valence-electron chi connectivity index (χ1n) is 8.14. The molecule has 0 fully saturated rings. The van der Waals surface area contributed by atoms with Crippen molar-refractivity contribution in [1.82, 2.24) is 10.2 Å². The molecule has 0 saturated carbocycles. The van der Waals surface area contributed by atoms with E-state index in [4.69, 9.17) is 4.74 Å². The zero-order chi connectivity index (χ0) is 15.7. The maximum Gasteiger partial charge on any atom is 0.122 e. The van der Waals surface area contributed by atoms with Crippen molar-refractivity contribution < 1.29 is 4.74 Å². The van der Waals surface area contributed by atoms with Crippen LogP contribution in [0.4, 0.5) is 0 Å². The summed E-state index contributed by atoms with van der Waals surface area (Å²) < 4.78 is 5.45. The first-order chi connectivity index (χ1) is 10.1. The van der Waals surface area contributed by atoms with Crippen molar-refractivity contribution in [2.24, 2.45) is 0 Å². The molecule has 0 amide bonds. The highest BCUT2D eigenvalue weighted by molar-refractivity contribution is 5.33. The largest absolute Gasteiger partial charge is 0.496 e. The summed E-state index contributed by atoms with van der Waals surface area (Å²) in [5, 5.41) is 3.48. The molecule has 1 aromatic rings. The van der Waals surface area contributed by atoms with Crippen LogP contribution in [0.3, 0.4) is 0 Å². The number of hydrogen-bond donors (Lipinski definition) is 1. The molecule has 0 radical (unpaired) electrons. The second kappa shape index (κ2) is 9.80. The molecule has 21 heavy (non-hydrogen) atoms. The number of ether oxygens (including phenoxy) is 1. The zero-order valence-corrected chi connectivity index (χ0v) is 14.4. The molecule has 0 heterocycles. The molecule has 1 N–H and O–H groups in total. The normalized spacial score (nSPS) is 14.2. The van der Waals surface area contributed by atoms with Crippen LogP contribution in [0.2, 0.25) is 0 Å². The lowest BCUT2D eigenvalue weighted by molar-refractivity contribution is 0.185. The minimum Gasteiger partial charge on any atom is -0.496 e. The van der Waals surface area contributed by atoms with Crippen LogP contribution in [-0.2, 0) is 6.42 Å². The van der Waals surface area contributed by atoms with Gasteiger partial charge in [-0.05, 0) is 64.9 Å². The molecule has 0 saturated heterocycles. The molecule has 0 aliphatic heterocycles. The molecule has 3 nitrogen and oxygen atoms in total. The summed E-state index contributed by atoms with van der Waals surface area (Å²) in [5.41, 5.74) is 1.29. The molecule has 1 aromatic carbocycles. The molecular formula is C18H32N2O. The van der Waals surface area contributed by atoms with Crippen molar-refractivity contribution in [3.63, 3.8) is 0 Å². The number of likely N-dealkylation sites (N-methyl/N-ethyl adjacent to an activating group) is 1. The number of hydrogen-bond acceptors (Lipinski definition) is 3. The van der Waals surface area contributed by atoms with Gasteiger partial charge < -0.3 is 15.0 Å². The van der Waals surface area contributed by atoms with Crippen LogP contribution in [0.1, 0.15) is 39.2 Å². The van der Waals surface area contributed by atoms with Gasteiger partial charge in [0.15, 0.2) is 0 Å². The van der Waals surface area contributed by atoms with E-state index in [0.717, 1.165) is 25.3 Å². The Hall–Kier alpha value is -1.06. The maximum atomic E-state index is 5.45. The van der Waals surface area contributed by atoms with Gasteiger partial charge in [0.1, 0.15) is 5.75 Å². The zero-order valence-electron chi connectivity index (χ0n) is 14.4. The van der Waals surface area contributed by atoms with E-state index < -0.39 is 0 Å². The highest BCUT2D eigenvalue weighted by atomic mass is 16.5. The Morgan fingerprint density at radius 1 is 1.14 bits per heavy atom. The Balaban J connectivity index is 2.47. The Kier molecular flexibility index (Phi) is 8.40. The van der Waals surface area contributed by atoms with Crippen molar-refractivity contribution >= 4 is 0 Å². The lowest BCUT2D eigenvalue weighted by Gasteiger charge is -2.31. The van der Waals surface area contributed by atoms with Gasteiger partial charge in [-0.3, -0.25) is 0 Å². The van der Waals surface area contributed by atoms with Crippen LogP contribution in [0, 0.1) is 0 Å². The van der Waals surface area contributed by atoms with Gasteiger partial charge in [-0.2, -0.15) is 0 Å². The molecule has 1 rings (SSSR count). The van der Waals surface area contributed by atoms with E-state index in [-0.39, 0.29) is 0 Å². The fourth-order valence-electron chi connectivity index (χ4n) is 2.58. The van der Waals surface area contributed by atoms with Gasteiger partial charge in [-0.25, -0.2) is 0 Å². The van der Waals surface area contributed by atoms with Crippen molar-refractivity contribution in [2.45, 2.75) is 52.1 Å².